The minimum absolute atomic E-state index is 0.158. The number of nitrogens with zero attached hydrogens (tertiary/aromatic N) is 2. The highest BCUT2D eigenvalue weighted by molar-refractivity contribution is 5.91. The monoisotopic (exact) mass is 410 g/mol. The lowest BCUT2D eigenvalue weighted by atomic mass is 10.0. The van der Waals surface area contributed by atoms with Crippen LogP contribution >= 0.6 is 0 Å². The third kappa shape index (κ3) is 5.75. The molecule has 3 rings (SSSR count). The van der Waals surface area contributed by atoms with E-state index in [1.807, 2.05) is 36.4 Å². The van der Waals surface area contributed by atoms with Gasteiger partial charge in [0.15, 0.2) is 6.61 Å². The van der Waals surface area contributed by atoms with Gasteiger partial charge < -0.3 is 19.3 Å². The van der Waals surface area contributed by atoms with Crippen molar-refractivity contribution < 1.29 is 19.1 Å². The fourth-order valence-electron chi connectivity index (χ4n) is 3.56. The molecule has 0 spiro atoms. The number of hydrogen-bond acceptors (Lipinski definition) is 5. The van der Waals surface area contributed by atoms with Crippen molar-refractivity contribution in [2.75, 3.05) is 44.8 Å². The first-order valence-electron chi connectivity index (χ1n) is 10.4. The third-order valence-corrected chi connectivity index (χ3v) is 5.23. The first-order valence-corrected chi connectivity index (χ1v) is 10.4. The molecule has 160 valence electrons. The van der Waals surface area contributed by atoms with Crippen molar-refractivity contribution in [3.05, 3.63) is 59.7 Å². The normalized spacial score (nSPS) is 14.0. The molecule has 0 radical (unpaired) electrons. The molecule has 30 heavy (non-hydrogen) atoms. The van der Waals surface area contributed by atoms with Crippen LogP contribution in [0.25, 0.3) is 0 Å². The molecule has 0 bridgehead atoms. The van der Waals surface area contributed by atoms with E-state index in [9.17, 15) is 9.59 Å². The van der Waals surface area contributed by atoms with Crippen molar-refractivity contribution in [1.29, 1.82) is 0 Å². The molecule has 0 saturated carbocycles. The van der Waals surface area contributed by atoms with Crippen LogP contribution in [0.4, 0.5) is 5.69 Å². The number of piperazine rings is 1. The van der Waals surface area contributed by atoms with E-state index in [1.165, 1.54) is 5.56 Å². The summed E-state index contributed by atoms with van der Waals surface area (Å²) in [5.41, 5.74) is 2.77. The summed E-state index contributed by atoms with van der Waals surface area (Å²) in [6, 6.07) is 15.3. The summed E-state index contributed by atoms with van der Waals surface area (Å²) in [5.74, 6) is 0.764. The van der Waals surface area contributed by atoms with Crippen molar-refractivity contribution in [3.63, 3.8) is 0 Å². The molecule has 1 saturated heterocycles. The van der Waals surface area contributed by atoms with Gasteiger partial charge in [-0.1, -0.05) is 26.0 Å². The Balaban J connectivity index is 1.44. The summed E-state index contributed by atoms with van der Waals surface area (Å²) in [5, 5.41) is 0. The minimum atomic E-state index is -0.462. The molecule has 0 unspecified atom stereocenters. The molecule has 1 fully saturated rings. The van der Waals surface area contributed by atoms with Crippen LogP contribution in [0.5, 0.6) is 5.75 Å². The summed E-state index contributed by atoms with van der Waals surface area (Å²) in [7, 11) is 1.65. The van der Waals surface area contributed by atoms with Crippen molar-refractivity contribution in [3.8, 4) is 5.75 Å². The molecular weight excluding hydrogens is 380 g/mol. The van der Waals surface area contributed by atoms with E-state index in [1.54, 1.807) is 24.1 Å². The first kappa shape index (κ1) is 21.7. The predicted molar refractivity (Wildman–Crippen MR) is 117 cm³/mol. The zero-order valence-corrected chi connectivity index (χ0v) is 18.0. The van der Waals surface area contributed by atoms with Gasteiger partial charge in [0.05, 0.1) is 12.7 Å². The fraction of sp³-hybridized carbons (Fsp3) is 0.417. The lowest BCUT2D eigenvalue weighted by Gasteiger charge is -2.36. The molecule has 0 atom stereocenters. The highest BCUT2D eigenvalue weighted by atomic mass is 16.5. The van der Waals surface area contributed by atoms with E-state index < -0.39 is 5.97 Å². The van der Waals surface area contributed by atoms with Gasteiger partial charge in [0.2, 0.25) is 0 Å². The minimum Gasteiger partial charge on any atom is -0.497 e. The van der Waals surface area contributed by atoms with Crippen molar-refractivity contribution in [2.24, 2.45) is 5.92 Å². The summed E-state index contributed by atoms with van der Waals surface area (Å²) < 4.78 is 10.4. The summed E-state index contributed by atoms with van der Waals surface area (Å²) in [6.07, 6.45) is 0.969. The highest BCUT2D eigenvalue weighted by Crippen LogP contribution is 2.20. The van der Waals surface area contributed by atoms with E-state index in [0.717, 1.165) is 30.9 Å². The van der Waals surface area contributed by atoms with Crippen LogP contribution in [0.2, 0.25) is 0 Å². The molecule has 6 nitrogen and oxygen atoms in total. The predicted octanol–water partition coefficient (Wildman–Crippen LogP) is 3.40. The number of carbonyl (C=O) groups excluding carboxylic acids is 2. The quantitative estimate of drug-likeness (QED) is 0.655. The lowest BCUT2D eigenvalue weighted by molar-refractivity contribution is -0.134. The van der Waals surface area contributed by atoms with Crippen LogP contribution in [-0.4, -0.2) is 56.7 Å². The number of carbonyl (C=O) groups is 2. The molecule has 0 aromatic heterocycles. The number of rotatable bonds is 7. The Kier molecular flexibility index (Phi) is 7.33. The van der Waals surface area contributed by atoms with Crippen molar-refractivity contribution in [1.82, 2.24) is 4.90 Å². The zero-order valence-electron chi connectivity index (χ0n) is 18.0. The first-order chi connectivity index (χ1) is 14.5. The number of anilines is 1. The van der Waals surface area contributed by atoms with E-state index >= 15 is 0 Å². The fourth-order valence-corrected chi connectivity index (χ4v) is 3.56. The van der Waals surface area contributed by atoms with Gasteiger partial charge in [-0.25, -0.2) is 4.79 Å². The van der Waals surface area contributed by atoms with Crippen LogP contribution in [0, 0.1) is 5.92 Å². The van der Waals surface area contributed by atoms with Crippen LogP contribution in [-0.2, 0) is 16.0 Å². The van der Waals surface area contributed by atoms with Gasteiger partial charge in [-0.15, -0.1) is 0 Å². The Morgan fingerprint density at radius 3 is 2.13 bits per heavy atom. The van der Waals surface area contributed by atoms with Crippen molar-refractivity contribution in [2.45, 2.75) is 20.3 Å². The molecule has 2 aromatic carbocycles. The van der Waals surface area contributed by atoms with Gasteiger partial charge in [0.25, 0.3) is 5.91 Å². The second-order valence-corrected chi connectivity index (χ2v) is 7.94. The van der Waals surface area contributed by atoms with Crippen LogP contribution < -0.4 is 9.64 Å². The Morgan fingerprint density at radius 2 is 1.57 bits per heavy atom. The van der Waals surface area contributed by atoms with Gasteiger partial charge >= 0.3 is 5.97 Å². The topological polar surface area (TPSA) is 59.1 Å². The number of ether oxygens (including phenoxy) is 2. The Labute approximate surface area is 178 Å². The summed E-state index contributed by atoms with van der Waals surface area (Å²) >= 11 is 0. The van der Waals surface area contributed by atoms with Gasteiger partial charge in [-0.2, -0.15) is 0 Å². The molecule has 1 aliphatic rings. The maximum atomic E-state index is 12.4. The van der Waals surface area contributed by atoms with Gasteiger partial charge in [0, 0.05) is 31.9 Å². The van der Waals surface area contributed by atoms with E-state index in [2.05, 4.69) is 18.7 Å². The number of hydrogen-bond donors (Lipinski definition) is 0. The van der Waals surface area contributed by atoms with Crippen LogP contribution in [0.3, 0.4) is 0 Å². The number of amides is 1. The molecule has 1 amide bonds. The highest BCUT2D eigenvalue weighted by Gasteiger charge is 2.22. The number of benzene rings is 2. The third-order valence-electron chi connectivity index (χ3n) is 5.23. The van der Waals surface area contributed by atoms with Crippen LogP contribution in [0.1, 0.15) is 29.8 Å². The number of methoxy groups -OCH3 is 1. The second kappa shape index (κ2) is 10.1. The Morgan fingerprint density at radius 1 is 0.933 bits per heavy atom. The zero-order chi connectivity index (χ0) is 21.5. The number of esters is 1. The molecular formula is C24H30N2O4. The standard InChI is InChI=1S/C24H30N2O4/c1-18(2)16-19-4-6-20(7-5-19)24(28)30-17-23(27)26-14-12-25(13-15-26)21-8-10-22(29-3)11-9-21/h4-11,18H,12-17H2,1-3H3. The van der Waals surface area contributed by atoms with Gasteiger partial charge in [0.1, 0.15) is 5.75 Å². The smallest absolute Gasteiger partial charge is 0.338 e. The molecule has 0 N–H and O–H groups in total. The molecule has 1 heterocycles. The van der Waals surface area contributed by atoms with E-state index in [-0.39, 0.29) is 12.5 Å². The lowest BCUT2D eigenvalue weighted by Crippen LogP contribution is -2.49. The molecule has 0 aliphatic carbocycles. The maximum Gasteiger partial charge on any atom is 0.338 e. The van der Waals surface area contributed by atoms with Crippen LogP contribution in [0.15, 0.2) is 48.5 Å². The second-order valence-electron chi connectivity index (χ2n) is 7.94. The average molecular weight is 411 g/mol. The Bertz CT molecular complexity index is 839. The van der Waals surface area contributed by atoms with Crippen molar-refractivity contribution >= 4 is 17.6 Å². The van der Waals surface area contributed by atoms with E-state index in [0.29, 0.717) is 24.6 Å². The SMILES string of the molecule is COc1ccc(N2CCN(C(=O)COC(=O)c3ccc(CC(C)C)cc3)CC2)cc1. The molecule has 1 aliphatic heterocycles. The molecule has 2 aromatic rings. The van der Waals surface area contributed by atoms with Gasteiger partial charge in [-0.05, 0) is 54.3 Å². The average Bonchev–Trinajstić information content (AvgIpc) is 2.77. The summed E-state index contributed by atoms with van der Waals surface area (Å²) in [6.45, 7) is 6.77. The summed E-state index contributed by atoms with van der Waals surface area (Å²) in [4.78, 5) is 28.7. The largest absolute Gasteiger partial charge is 0.497 e. The van der Waals surface area contributed by atoms with Gasteiger partial charge in [-0.3, -0.25) is 4.79 Å². The maximum absolute atomic E-state index is 12.4. The van der Waals surface area contributed by atoms with E-state index in [4.69, 9.17) is 9.47 Å². The Hall–Kier alpha value is -3.02. The molecule has 6 heteroatoms.